The largest absolute Gasteiger partial charge is 0.377 e. The lowest BCUT2D eigenvalue weighted by molar-refractivity contribution is -0.193. The van der Waals surface area contributed by atoms with Gasteiger partial charge in [-0.15, -0.1) is 0 Å². The van der Waals surface area contributed by atoms with Crippen LogP contribution in [-0.2, 0) is 16.0 Å². The van der Waals surface area contributed by atoms with Gasteiger partial charge in [-0.05, 0) is 33.1 Å². The van der Waals surface area contributed by atoms with Crippen molar-refractivity contribution in [1.29, 1.82) is 0 Å². The highest BCUT2D eigenvalue weighted by molar-refractivity contribution is 5.77. The number of amides is 1. The third-order valence-corrected chi connectivity index (χ3v) is 5.43. The van der Waals surface area contributed by atoms with E-state index in [9.17, 15) is 4.79 Å². The van der Waals surface area contributed by atoms with Crippen LogP contribution in [0.1, 0.15) is 50.1 Å². The highest BCUT2D eigenvalue weighted by atomic mass is 16.5. The Balaban J connectivity index is 1.56. The molecule has 5 heteroatoms. The molecule has 1 aromatic heterocycles. The lowest BCUT2D eigenvalue weighted by Crippen LogP contribution is -2.70. The van der Waals surface area contributed by atoms with Crippen LogP contribution in [0.25, 0.3) is 0 Å². The van der Waals surface area contributed by atoms with Gasteiger partial charge in [-0.2, -0.15) is 0 Å². The van der Waals surface area contributed by atoms with Gasteiger partial charge in [0, 0.05) is 36.0 Å². The zero-order chi connectivity index (χ0) is 15.9. The summed E-state index contributed by atoms with van der Waals surface area (Å²) in [6.45, 7) is 9.06. The third-order valence-electron chi connectivity index (χ3n) is 5.43. The van der Waals surface area contributed by atoms with E-state index < -0.39 is 0 Å². The van der Waals surface area contributed by atoms with Crippen LogP contribution in [0.5, 0.6) is 0 Å². The monoisotopic (exact) mass is 306 g/mol. The predicted molar refractivity (Wildman–Crippen MR) is 82.5 cm³/mol. The van der Waals surface area contributed by atoms with Crippen molar-refractivity contribution < 1.29 is 14.1 Å². The Bertz CT molecular complexity index is 545. The molecule has 1 aliphatic carbocycles. The van der Waals surface area contributed by atoms with E-state index >= 15 is 0 Å². The number of aromatic nitrogens is 1. The molecule has 3 unspecified atom stereocenters. The van der Waals surface area contributed by atoms with Crippen LogP contribution in [0.15, 0.2) is 4.52 Å². The molecule has 1 aromatic rings. The lowest BCUT2D eigenvalue weighted by atomic mass is 9.55. The number of fused-ring (bicyclic) bond motifs is 1. The minimum absolute atomic E-state index is 0.0315. The van der Waals surface area contributed by atoms with Crippen LogP contribution < -0.4 is 5.32 Å². The molecule has 22 heavy (non-hydrogen) atoms. The number of carbonyl (C=O) groups is 1. The fraction of sp³-hybridized carbons (Fsp3) is 0.765. The summed E-state index contributed by atoms with van der Waals surface area (Å²) in [5, 5.41) is 7.17. The van der Waals surface area contributed by atoms with Gasteiger partial charge in [-0.1, -0.05) is 19.0 Å². The summed E-state index contributed by atoms with van der Waals surface area (Å²) in [6.07, 6.45) is 3.72. The van der Waals surface area contributed by atoms with Gasteiger partial charge in [0.15, 0.2) is 0 Å². The van der Waals surface area contributed by atoms with Gasteiger partial charge >= 0.3 is 0 Å². The molecule has 122 valence electrons. The first-order valence-corrected chi connectivity index (χ1v) is 8.24. The average molecular weight is 306 g/mol. The smallest absolute Gasteiger partial charge is 0.220 e. The van der Waals surface area contributed by atoms with Gasteiger partial charge in [0.05, 0.1) is 11.8 Å². The van der Waals surface area contributed by atoms with Crippen molar-refractivity contribution in [2.45, 2.75) is 65.5 Å². The minimum Gasteiger partial charge on any atom is -0.377 e. The minimum atomic E-state index is 0.0315. The summed E-state index contributed by atoms with van der Waals surface area (Å²) in [5.74, 6) is 1.41. The molecule has 1 N–H and O–H groups in total. The number of hydrogen-bond acceptors (Lipinski definition) is 4. The standard InChI is InChI=1S/C17H26N2O3/c1-10-12(11(2)22-19-10)7-8-14(20)18-15-13-6-5-9-21-16(13)17(15,3)4/h13,15-16H,5-9H2,1-4H3,(H,18,20). The van der Waals surface area contributed by atoms with E-state index in [0.717, 1.165) is 36.5 Å². The molecule has 3 atom stereocenters. The van der Waals surface area contributed by atoms with Crippen LogP contribution in [0.2, 0.25) is 0 Å². The van der Waals surface area contributed by atoms with Gasteiger partial charge in [0.2, 0.25) is 5.91 Å². The van der Waals surface area contributed by atoms with Crippen molar-refractivity contribution in [2.75, 3.05) is 6.61 Å². The van der Waals surface area contributed by atoms with Crippen LogP contribution in [0.3, 0.4) is 0 Å². The van der Waals surface area contributed by atoms with Crippen LogP contribution in [-0.4, -0.2) is 29.8 Å². The van der Waals surface area contributed by atoms with E-state index in [-0.39, 0.29) is 17.4 Å². The third kappa shape index (κ3) is 2.56. The van der Waals surface area contributed by atoms with Gasteiger partial charge in [0.1, 0.15) is 5.76 Å². The fourth-order valence-corrected chi connectivity index (χ4v) is 4.16. The molecule has 1 aliphatic heterocycles. The topological polar surface area (TPSA) is 64.4 Å². The predicted octanol–water partition coefficient (Wildman–Crippen LogP) is 2.54. The van der Waals surface area contributed by atoms with Crippen LogP contribution >= 0.6 is 0 Å². The quantitative estimate of drug-likeness (QED) is 0.928. The Hall–Kier alpha value is -1.36. The summed E-state index contributed by atoms with van der Waals surface area (Å²) < 4.78 is 11.0. The number of hydrogen-bond donors (Lipinski definition) is 1. The van der Waals surface area contributed by atoms with E-state index in [2.05, 4.69) is 24.3 Å². The molecule has 0 spiro atoms. The number of ether oxygens (including phenoxy) is 1. The molecule has 2 heterocycles. The van der Waals surface area contributed by atoms with Crippen LogP contribution in [0, 0.1) is 25.2 Å². The Morgan fingerprint density at radius 2 is 2.18 bits per heavy atom. The molecule has 5 nitrogen and oxygen atoms in total. The molecule has 2 aliphatic rings. The van der Waals surface area contributed by atoms with Gasteiger partial charge in [-0.3, -0.25) is 4.79 Å². The zero-order valence-electron chi connectivity index (χ0n) is 13.9. The number of nitrogens with one attached hydrogen (secondary N) is 1. The van der Waals surface area contributed by atoms with Crippen molar-refractivity contribution in [3.63, 3.8) is 0 Å². The highest BCUT2D eigenvalue weighted by Gasteiger charge is 2.58. The van der Waals surface area contributed by atoms with Gasteiger partial charge in [0.25, 0.3) is 0 Å². The second-order valence-electron chi connectivity index (χ2n) is 7.27. The van der Waals surface area contributed by atoms with Crippen molar-refractivity contribution in [2.24, 2.45) is 11.3 Å². The fourth-order valence-electron chi connectivity index (χ4n) is 4.16. The maximum absolute atomic E-state index is 12.3. The van der Waals surface area contributed by atoms with Gasteiger partial charge in [-0.25, -0.2) is 0 Å². The van der Waals surface area contributed by atoms with Crippen molar-refractivity contribution in [3.8, 4) is 0 Å². The normalized spacial score (nSPS) is 29.5. The van der Waals surface area contributed by atoms with E-state index in [1.165, 1.54) is 0 Å². The SMILES string of the molecule is Cc1noc(C)c1CCC(=O)NC1C2CCCOC2C1(C)C. The number of carbonyl (C=O) groups excluding carboxylic acids is 1. The zero-order valence-corrected chi connectivity index (χ0v) is 13.9. The summed E-state index contributed by atoms with van der Waals surface area (Å²) in [4.78, 5) is 12.3. The van der Waals surface area contributed by atoms with Crippen molar-refractivity contribution in [3.05, 3.63) is 17.0 Å². The average Bonchev–Trinajstić information content (AvgIpc) is 2.81. The first kappa shape index (κ1) is 15.5. The molecular weight excluding hydrogens is 280 g/mol. The van der Waals surface area contributed by atoms with Gasteiger partial charge < -0.3 is 14.6 Å². The maximum Gasteiger partial charge on any atom is 0.220 e. The number of rotatable bonds is 4. The molecular formula is C17H26N2O3. The number of nitrogens with zero attached hydrogens (tertiary/aromatic N) is 1. The Kier molecular flexibility index (Phi) is 4.02. The first-order chi connectivity index (χ1) is 10.4. The number of aryl methyl sites for hydroxylation is 2. The molecule has 1 saturated carbocycles. The maximum atomic E-state index is 12.3. The Morgan fingerprint density at radius 3 is 2.86 bits per heavy atom. The van der Waals surface area contributed by atoms with E-state index in [4.69, 9.17) is 9.26 Å². The molecule has 0 bridgehead atoms. The van der Waals surface area contributed by atoms with E-state index in [0.29, 0.717) is 24.9 Å². The molecule has 2 fully saturated rings. The van der Waals surface area contributed by atoms with Crippen molar-refractivity contribution >= 4 is 5.91 Å². The summed E-state index contributed by atoms with van der Waals surface area (Å²) in [7, 11) is 0. The molecule has 0 aromatic carbocycles. The Morgan fingerprint density at radius 1 is 1.41 bits per heavy atom. The van der Waals surface area contributed by atoms with Crippen molar-refractivity contribution in [1.82, 2.24) is 10.5 Å². The van der Waals surface area contributed by atoms with E-state index in [1.54, 1.807) is 0 Å². The summed E-state index contributed by atoms with van der Waals surface area (Å²) in [5.41, 5.74) is 1.97. The second kappa shape index (κ2) is 5.69. The molecule has 1 amide bonds. The summed E-state index contributed by atoms with van der Waals surface area (Å²) in [6, 6.07) is 0.231. The molecule has 3 rings (SSSR count). The lowest BCUT2D eigenvalue weighted by Gasteiger charge is -2.59. The first-order valence-electron chi connectivity index (χ1n) is 8.24. The Labute approximate surface area is 131 Å². The highest BCUT2D eigenvalue weighted by Crippen LogP contribution is 2.51. The van der Waals surface area contributed by atoms with E-state index in [1.807, 2.05) is 13.8 Å². The summed E-state index contributed by atoms with van der Waals surface area (Å²) >= 11 is 0. The molecule has 0 radical (unpaired) electrons. The second-order valence-corrected chi connectivity index (χ2v) is 7.27. The van der Waals surface area contributed by atoms with Crippen LogP contribution in [0.4, 0.5) is 0 Å². The molecule has 1 saturated heterocycles.